The van der Waals surface area contributed by atoms with E-state index < -0.39 is 0 Å². The van der Waals surface area contributed by atoms with Gasteiger partial charge in [-0.1, -0.05) is 23.5 Å². The first-order valence-electron chi connectivity index (χ1n) is 7.43. The van der Waals surface area contributed by atoms with Crippen molar-refractivity contribution in [1.29, 1.82) is 0 Å². The van der Waals surface area contributed by atoms with E-state index in [2.05, 4.69) is 15.3 Å². The number of rotatable bonds is 10. The molecule has 0 saturated heterocycles. The van der Waals surface area contributed by atoms with Crippen LogP contribution < -0.4 is 5.32 Å². The number of nitrogens with one attached hydrogen (secondary N) is 1. The van der Waals surface area contributed by atoms with Crippen LogP contribution in [0.4, 0.5) is 15.2 Å². The number of halogens is 1. The topological polar surface area (TPSA) is 51.6 Å². The van der Waals surface area contributed by atoms with Crippen molar-refractivity contribution in [3.63, 3.8) is 0 Å². The molecule has 0 amide bonds. The van der Waals surface area contributed by atoms with E-state index >= 15 is 0 Å². The van der Waals surface area contributed by atoms with Crippen molar-refractivity contribution in [3.8, 4) is 0 Å². The number of hydrogen-bond donors (Lipinski definition) is 1. The average molecular weight is 372 g/mol. The second-order valence-electron chi connectivity index (χ2n) is 5.02. The van der Waals surface area contributed by atoms with Crippen molar-refractivity contribution >= 4 is 34.4 Å². The third-order valence-electron chi connectivity index (χ3n) is 3.28. The highest BCUT2D eigenvalue weighted by atomic mass is 32.1. The molecule has 0 aliphatic rings. The van der Waals surface area contributed by atoms with Gasteiger partial charge in [0, 0.05) is 27.3 Å². The SMILES string of the molecule is COCCN(CCOC)Cn1nc(Nc2ccccc2F)sc1=S. The number of aromatic nitrogens is 2. The molecule has 132 valence electrons. The Hall–Kier alpha value is -1.39. The molecule has 1 heterocycles. The fourth-order valence-corrected chi connectivity index (χ4v) is 3.01. The largest absolute Gasteiger partial charge is 0.383 e. The molecule has 9 heteroatoms. The van der Waals surface area contributed by atoms with Gasteiger partial charge in [-0.3, -0.25) is 4.90 Å². The Bertz CT molecular complexity index is 684. The maximum Gasteiger partial charge on any atom is 0.209 e. The number of benzene rings is 1. The van der Waals surface area contributed by atoms with Gasteiger partial charge in [-0.25, -0.2) is 9.07 Å². The van der Waals surface area contributed by atoms with Crippen LogP contribution in [0.1, 0.15) is 0 Å². The first kappa shape index (κ1) is 18.9. The molecular formula is C15H21FN4O2S2. The van der Waals surface area contributed by atoms with Crippen LogP contribution in [0.2, 0.25) is 0 Å². The zero-order valence-electron chi connectivity index (χ0n) is 13.7. The van der Waals surface area contributed by atoms with E-state index in [-0.39, 0.29) is 5.82 Å². The molecular weight excluding hydrogens is 351 g/mol. The Labute approximate surface area is 149 Å². The molecule has 6 nitrogen and oxygen atoms in total. The smallest absolute Gasteiger partial charge is 0.209 e. The summed E-state index contributed by atoms with van der Waals surface area (Å²) in [4.78, 5) is 2.13. The predicted octanol–water partition coefficient (Wildman–Crippen LogP) is 3.11. The summed E-state index contributed by atoms with van der Waals surface area (Å²) in [7, 11) is 3.33. The monoisotopic (exact) mass is 372 g/mol. The van der Waals surface area contributed by atoms with Crippen molar-refractivity contribution in [2.45, 2.75) is 6.67 Å². The standard InChI is InChI=1S/C15H21FN4O2S2/c1-21-9-7-19(8-10-22-2)11-20-15(23)24-14(18-20)17-13-6-4-3-5-12(13)16/h3-6H,7-11H2,1-2H3,(H,17,18). The van der Waals surface area contributed by atoms with Crippen molar-refractivity contribution in [2.75, 3.05) is 45.8 Å². The van der Waals surface area contributed by atoms with Crippen LogP contribution in [-0.4, -0.2) is 55.2 Å². The third kappa shape index (κ3) is 5.60. The lowest BCUT2D eigenvalue weighted by atomic mass is 10.3. The Morgan fingerprint density at radius 3 is 2.54 bits per heavy atom. The second-order valence-corrected chi connectivity index (χ2v) is 6.65. The van der Waals surface area contributed by atoms with Crippen molar-refractivity contribution in [3.05, 3.63) is 34.0 Å². The summed E-state index contributed by atoms with van der Waals surface area (Å²) in [5.74, 6) is -0.327. The van der Waals surface area contributed by atoms with Crippen LogP contribution in [-0.2, 0) is 16.1 Å². The van der Waals surface area contributed by atoms with Gasteiger partial charge in [-0.2, -0.15) is 0 Å². The first-order valence-corrected chi connectivity index (χ1v) is 8.66. The number of methoxy groups -OCH3 is 2. The second kappa shape index (κ2) is 9.80. The van der Waals surface area contributed by atoms with Crippen LogP contribution in [0, 0.1) is 9.77 Å². The lowest BCUT2D eigenvalue weighted by Crippen LogP contribution is -2.33. The number of para-hydroxylation sites is 1. The van der Waals surface area contributed by atoms with E-state index in [1.165, 1.54) is 17.4 Å². The van der Waals surface area contributed by atoms with Crippen LogP contribution in [0.3, 0.4) is 0 Å². The lowest BCUT2D eigenvalue weighted by molar-refractivity contribution is 0.0927. The number of nitrogens with zero attached hydrogens (tertiary/aromatic N) is 3. The zero-order valence-corrected chi connectivity index (χ0v) is 15.3. The molecule has 24 heavy (non-hydrogen) atoms. The van der Waals surface area contributed by atoms with Crippen molar-refractivity contribution in [1.82, 2.24) is 14.7 Å². The summed E-state index contributed by atoms with van der Waals surface area (Å²) >= 11 is 6.67. The fraction of sp³-hybridized carbons (Fsp3) is 0.467. The Kier molecular flexibility index (Phi) is 7.73. The van der Waals surface area contributed by atoms with Gasteiger partial charge in [-0.05, 0) is 24.4 Å². The molecule has 0 saturated carbocycles. The molecule has 0 fully saturated rings. The summed E-state index contributed by atoms with van der Waals surface area (Å²) < 4.78 is 26.3. The predicted molar refractivity (Wildman–Crippen MR) is 95.9 cm³/mol. The van der Waals surface area contributed by atoms with Gasteiger partial charge in [0.1, 0.15) is 5.82 Å². The molecule has 0 radical (unpaired) electrons. The van der Waals surface area contributed by atoms with Crippen LogP contribution in [0.5, 0.6) is 0 Å². The first-order chi connectivity index (χ1) is 11.6. The molecule has 2 rings (SSSR count). The van der Waals surface area contributed by atoms with Gasteiger partial charge in [-0.15, -0.1) is 5.10 Å². The highest BCUT2D eigenvalue weighted by molar-refractivity contribution is 7.73. The van der Waals surface area contributed by atoms with Crippen LogP contribution in [0.15, 0.2) is 24.3 Å². The third-order valence-corrected chi connectivity index (χ3v) is 4.50. The Morgan fingerprint density at radius 1 is 1.25 bits per heavy atom. The fourth-order valence-electron chi connectivity index (χ4n) is 2.01. The number of ether oxygens (including phenoxy) is 2. The lowest BCUT2D eigenvalue weighted by Gasteiger charge is -2.21. The van der Waals surface area contributed by atoms with Gasteiger partial charge in [0.25, 0.3) is 0 Å². The van der Waals surface area contributed by atoms with E-state index in [9.17, 15) is 4.39 Å². The Morgan fingerprint density at radius 2 is 1.92 bits per heavy atom. The molecule has 1 aromatic heterocycles. The van der Waals surface area contributed by atoms with E-state index in [0.29, 0.717) is 34.7 Å². The van der Waals surface area contributed by atoms with Gasteiger partial charge in [0.2, 0.25) is 5.13 Å². The highest BCUT2D eigenvalue weighted by Gasteiger charge is 2.10. The van der Waals surface area contributed by atoms with Gasteiger partial charge >= 0.3 is 0 Å². The van der Waals surface area contributed by atoms with E-state index in [0.717, 1.165) is 13.1 Å². The molecule has 1 aromatic carbocycles. The molecule has 0 atom stereocenters. The maximum atomic E-state index is 13.7. The van der Waals surface area contributed by atoms with Gasteiger partial charge in [0.15, 0.2) is 3.95 Å². The highest BCUT2D eigenvalue weighted by Crippen LogP contribution is 2.22. The summed E-state index contributed by atoms with van der Waals surface area (Å²) in [6.45, 7) is 3.24. The van der Waals surface area contributed by atoms with Gasteiger partial charge in [0.05, 0.1) is 25.6 Å². The molecule has 0 spiro atoms. The molecule has 0 bridgehead atoms. The summed E-state index contributed by atoms with van der Waals surface area (Å²) in [5, 5.41) is 7.96. The van der Waals surface area contributed by atoms with Gasteiger partial charge < -0.3 is 14.8 Å². The molecule has 0 aliphatic carbocycles. The van der Waals surface area contributed by atoms with Crippen LogP contribution in [0.25, 0.3) is 0 Å². The minimum Gasteiger partial charge on any atom is -0.383 e. The number of hydrogen-bond acceptors (Lipinski definition) is 7. The van der Waals surface area contributed by atoms with E-state index in [1.54, 1.807) is 37.1 Å². The minimum atomic E-state index is -0.327. The summed E-state index contributed by atoms with van der Waals surface area (Å²) in [6, 6.07) is 6.47. The minimum absolute atomic E-state index is 0.327. The molecule has 1 N–H and O–H groups in total. The van der Waals surface area contributed by atoms with Crippen molar-refractivity contribution in [2.24, 2.45) is 0 Å². The van der Waals surface area contributed by atoms with E-state index in [4.69, 9.17) is 21.7 Å². The maximum absolute atomic E-state index is 13.7. The molecule has 2 aromatic rings. The summed E-state index contributed by atoms with van der Waals surface area (Å²) in [6.07, 6.45) is 0. The van der Waals surface area contributed by atoms with Crippen molar-refractivity contribution < 1.29 is 13.9 Å². The molecule has 0 aliphatic heterocycles. The number of anilines is 2. The molecule has 0 unspecified atom stereocenters. The average Bonchev–Trinajstić information content (AvgIpc) is 2.91. The quantitative estimate of drug-likeness (QED) is 0.647. The normalized spacial score (nSPS) is 11.2. The zero-order chi connectivity index (χ0) is 17.4. The van der Waals surface area contributed by atoms with Crippen LogP contribution >= 0.6 is 23.6 Å². The summed E-state index contributed by atoms with van der Waals surface area (Å²) in [5.41, 5.74) is 0.379. The van der Waals surface area contributed by atoms with E-state index in [1.807, 2.05) is 0 Å². The Balaban J connectivity index is 2.06.